The van der Waals surface area contributed by atoms with Crippen LogP contribution in [0, 0.1) is 0 Å². The number of hydrogen-bond acceptors (Lipinski definition) is 4. The predicted molar refractivity (Wildman–Crippen MR) is 77.5 cm³/mol. The lowest BCUT2D eigenvalue weighted by atomic mass is 10.1. The highest BCUT2D eigenvalue weighted by atomic mass is 32.2. The first-order valence-electron chi connectivity index (χ1n) is 6.41. The smallest absolute Gasteiger partial charge is 0.241 e. The average molecular weight is 299 g/mol. The third-order valence-electron chi connectivity index (χ3n) is 3.01. The Morgan fingerprint density at radius 2 is 2.05 bits per heavy atom. The Morgan fingerprint density at radius 3 is 2.60 bits per heavy atom. The molecule has 0 aliphatic carbocycles. The second-order valence-electron chi connectivity index (χ2n) is 4.54. The van der Waals surface area contributed by atoms with Crippen LogP contribution in [0.3, 0.4) is 0 Å². The molecule has 0 saturated carbocycles. The van der Waals surface area contributed by atoms with Crippen LogP contribution in [0.15, 0.2) is 29.2 Å². The summed E-state index contributed by atoms with van der Waals surface area (Å²) >= 11 is 0. The number of nitrogens with two attached hydrogens (primary N) is 1. The predicted octanol–water partition coefficient (Wildman–Crippen LogP) is 0.509. The maximum absolute atomic E-state index is 12.2. The minimum atomic E-state index is -3.75. The lowest BCUT2D eigenvalue weighted by molar-refractivity contribution is -0.121. The minimum Gasteiger partial charge on any atom is -0.358 e. The molecule has 0 bridgehead atoms. The Hall–Kier alpha value is -1.44. The molecule has 0 aliphatic heterocycles. The van der Waals surface area contributed by atoms with Crippen LogP contribution in [0.4, 0.5) is 0 Å². The van der Waals surface area contributed by atoms with Crippen molar-refractivity contribution in [1.82, 2.24) is 10.0 Å². The summed E-state index contributed by atoms with van der Waals surface area (Å²) in [6.45, 7) is 3.41. The summed E-state index contributed by atoms with van der Waals surface area (Å²) in [6, 6.07) is 5.40. The zero-order valence-corrected chi connectivity index (χ0v) is 12.7. The Labute approximate surface area is 119 Å². The van der Waals surface area contributed by atoms with Crippen molar-refractivity contribution in [3.8, 4) is 0 Å². The van der Waals surface area contributed by atoms with Gasteiger partial charge in [0.2, 0.25) is 15.9 Å². The molecule has 1 aromatic rings. The third-order valence-corrected chi connectivity index (χ3v) is 4.55. The molecular formula is C13H21N3O3S. The molecule has 2 unspecified atom stereocenters. The molecule has 0 fully saturated rings. The fraction of sp³-hybridized carbons (Fsp3) is 0.462. The highest BCUT2D eigenvalue weighted by Crippen LogP contribution is 2.18. The fourth-order valence-electron chi connectivity index (χ4n) is 1.72. The lowest BCUT2D eigenvalue weighted by Crippen LogP contribution is -2.43. The number of rotatable bonds is 6. The van der Waals surface area contributed by atoms with Crippen LogP contribution in [0.5, 0.6) is 0 Å². The summed E-state index contributed by atoms with van der Waals surface area (Å²) in [6.07, 6.45) is 0.714. The van der Waals surface area contributed by atoms with Gasteiger partial charge in [0.05, 0.1) is 10.9 Å². The highest BCUT2D eigenvalue weighted by molar-refractivity contribution is 7.89. The molecule has 0 aliphatic rings. The zero-order valence-electron chi connectivity index (χ0n) is 11.9. The van der Waals surface area contributed by atoms with Crippen LogP contribution < -0.4 is 15.8 Å². The molecule has 1 aromatic carbocycles. The topological polar surface area (TPSA) is 101 Å². The van der Waals surface area contributed by atoms with Crippen molar-refractivity contribution in [2.75, 3.05) is 7.05 Å². The van der Waals surface area contributed by atoms with Crippen LogP contribution in [0.25, 0.3) is 0 Å². The Balaban J connectivity index is 3.01. The number of hydrogen-bond donors (Lipinski definition) is 3. The number of amides is 1. The number of carbonyl (C=O) groups excluding carboxylic acids is 1. The van der Waals surface area contributed by atoms with Gasteiger partial charge >= 0.3 is 0 Å². The van der Waals surface area contributed by atoms with E-state index < -0.39 is 22.0 Å². The van der Waals surface area contributed by atoms with Crippen LogP contribution in [0.2, 0.25) is 0 Å². The standard InChI is InChI=1S/C13H21N3O3S/c1-4-12(14)10-6-5-7-11(8-10)20(18,19)16-9(2)13(17)15-3/h5-9,12,16H,4,14H2,1-3H3,(H,15,17). The van der Waals surface area contributed by atoms with Crippen molar-refractivity contribution in [3.63, 3.8) is 0 Å². The maximum atomic E-state index is 12.2. The largest absolute Gasteiger partial charge is 0.358 e. The van der Waals surface area contributed by atoms with E-state index >= 15 is 0 Å². The summed E-state index contributed by atoms with van der Waals surface area (Å²) < 4.78 is 26.7. The van der Waals surface area contributed by atoms with Crippen molar-refractivity contribution in [2.24, 2.45) is 5.73 Å². The van der Waals surface area contributed by atoms with Gasteiger partial charge in [0.1, 0.15) is 0 Å². The van der Waals surface area contributed by atoms with Gasteiger partial charge in [0.25, 0.3) is 0 Å². The van der Waals surface area contributed by atoms with Gasteiger partial charge in [-0.25, -0.2) is 8.42 Å². The van der Waals surface area contributed by atoms with Gasteiger partial charge in [0.15, 0.2) is 0 Å². The minimum absolute atomic E-state index is 0.106. The first kappa shape index (κ1) is 16.6. The van der Waals surface area contributed by atoms with E-state index in [1.807, 2.05) is 6.92 Å². The average Bonchev–Trinajstić information content (AvgIpc) is 2.45. The van der Waals surface area contributed by atoms with E-state index in [1.165, 1.54) is 26.1 Å². The van der Waals surface area contributed by atoms with E-state index in [0.717, 1.165) is 5.56 Å². The number of likely N-dealkylation sites (N-methyl/N-ethyl adjacent to an activating group) is 1. The Morgan fingerprint density at radius 1 is 1.40 bits per heavy atom. The summed E-state index contributed by atoms with van der Waals surface area (Å²) in [5.41, 5.74) is 6.65. The SMILES string of the molecule is CCC(N)c1cccc(S(=O)(=O)NC(C)C(=O)NC)c1. The highest BCUT2D eigenvalue weighted by Gasteiger charge is 2.21. The van der Waals surface area contributed by atoms with Crippen LogP contribution >= 0.6 is 0 Å². The molecule has 0 heterocycles. The van der Waals surface area contributed by atoms with Crippen LogP contribution in [-0.4, -0.2) is 27.4 Å². The fourth-order valence-corrected chi connectivity index (χ4v) is 2.98. The van der Waals surface area contributed by atoms with E-state index in [1.54, 1.807) is 12.1 Å². The first-order valence-corrected chi connectivity index (χ1v) is 7.89. The van der Waals surface area contributed by atoms with Gasteiger partial charge in [-0.1, -0.05) is 19.1 Å². The van der Waals surface area contributed by atoms with Crippen LogP contribution in [-0.2, 0) is 14.8 Å². The molecule has 0 saturated heterocycles. The van der Waals surface area contributed by atoms with E-state index in [-0.39, 0.29) is 10.9 Å². The molecule has 7 heteroatoms. The molecule has 1 amide bonds. The Bertz CT molecular complexity index is 572. The molecular weight excluding hydrogens is 278 g/mol. The van der Waals surface area contributed by atoms with E-state index in [9.17, 15) is 13.2 Å². The Kier molecular flexibility index (Phi) is 5.67. The van der Waals surface area contributed by atoms with Crippen molar-refractivity contribution in [2.45, 2.75) is 37.2 Å². The zero-order chi connectivity index (χ0) is 15.3. The summed E-state index contributed by atoms with van der Waals surface area (Å²) in [7, 11) is -2.29. The molecule has 112 valence electrons. The molecule has 0 spiro atoms. The molecule has 2 atom stereocenters. The molecule has 1 rings (SSSR count). The van der Waals surface area contributed by atoms with E-state index in [0.29, 0.717) is 6.42 Å². The van der Waals surface area contributed by atoms with Crippen molar-refractivity contribution in [1.29, 1.82) is 0 Å². The van der Waals surface area contributed by atoms with Crippen LogP contribution in [0.1, 0.15) is 31.9 Å². The van der Waals surface area contributed by atoms with Gasteiger partial charge in [0, 0.05) is 13.1 Å². The van der Waals surface area contributed by atoms with E-state index in [4.69, 9.17) is 5.73 Å². The normalized spacial score (nSPS) is 14.6. The molecule has 4 N–H and O–H groups in total. The number of carbonyl (C=O) groups is 1. The first-order chi connectivity index (χ1) is 9.31. The van der Waals surface area contributed by atoms with Gasteiger partial charge in [-0.2, -0.15) is 4.72 Å². The summed E-state index contributed by atoms with van der Waals surface area (Å²) in [4.78, 5) is 11.5. The molecule has 6 nitrogen and oxygen atoms in total. The number of nitrogens with one attached hydrogen (secondary N) is 2. The maximum Gasteiger partial charge on any atom is 0.241 e. The lowest BCUT2D eigenvalue weighted by Gasteiger charge is -2.14. The summed E-state index contributed by atoms with van der Waals surface area (Å²) in [5.74, 6) is -0.394. The van der Waals surface area contributed by atoms with Gasteiger partial charge in [-0.3, -0.25) is 4.79 Å². The van der Waals surface area contributed by atoms with E-state index in [2.05, 4.69) is 10.0 Å². The van der Waals surface area contributed by atoms with Crippen molar-refractivity contribution < 1.29 is 13.2 Å². The molecule has 0 aromatic heterocycles. The third kappa shape index (κ3) is 4.03. The molecule has 0 radical (unpaired) electrons. The second kappa shape index (κ2) is 6.83. The summed E-state index contributed by atoms with van der Waals surface area (Å²) in [5, 5.41) is 2.39. The monoisotopic (exact) mass is 299 g/mol. The van der Waals surface area contributed by atoms with Crippen molar-refractivity contribution in [3.05, 3.63) is 29.8 Å². The van der Waals surface area contributed by atoms with Gasteiger partial charge in [-0.05, 0) is 31.0 Å². The molecule has 20 heavy (non-hydrogen) atoms. The quantitative estimate of drug-likeness (QED) is 0.712. The van der Waals surface area contributed by atoms with Gasteiger partial charge in [-0.15, -0.1) is 0 Å². The van der Waals surface area contributed by atoms with Crippen molar-refractivity contribution >= 4 is 15.9 Å². The second-order valence-corrected chi connectivity index (χ2v) is 6.26. The number of sulfonamides is 1. The van der Waals surface area contributed by atoms with Gasteiger partial charge < -0.3 is 11.1 Å². The number of benzene rings is 1.